The van der Waals surface area contributed by atoms with Gasteiger partial charge in [0.25, 0.3) is 0 Å². The maximum atomic E-state index is 11.0. The fourth-order valence-electron chi connectivity index (χ4n) is 2.48. The fraction of sp³-hybridized carbons (Fsp3) is 0.429. The van der Waals surface area contributed by atoms with Gasteiger partial charge in [-0.25, -0.2) is 4.68 Å². The lowest BCUT2D eigenvalue weighted by Gasteiger charge is -2.15. The molecule has 0 aliphatic heterocycles. The van der Waals surface area contributed by atoms with Crippen LogP contribution in [0, 0.1) is 5.92 Å². The fourth-order valence-corrected chi connectivity index (χ4v) is 2.48. The standard InChI is InChI=1S/C14H16N4O2/c19-14(20)9-12(11-6-7-11)18-13(15-16-17-18)8-10-4-2-1-3-5-10/h1-5,11-12H,6-9H2,(H,19,20). The number of aliphatic carboxylic acids is 1. The van der Waals surface area contributed by atoms with Gasteiger partial charge in [-0.2, -0.15) is 0 Å². The van der Waals surface area contributed by atoms with Crippen LogP contribution in [0.5, 0.6) is 0 Å². The van der Waals surface area contributed by atoms with Gasteiger partial charge in [0.15, 0.2) is 5.82 Å². The van der Waals surface area contributed by atoms with E-state index in [1.807, 2.05) is 30.3 Å². The molecular weight excluding hydrogens is 256 g/mol. The van der Waals surface area contributed by atoms with Crippen LogP contribution in [-0.4, -0.2) is 31.3 Å². The highest BCUT2D eigenvalue weighted by molar-refractivity contribution is 5.67. The molecule has 20 heavy (non-hydrogen) atoms. The van der Waals surface area contributed by atoms with Gasteiger partial charge in [0, 0.05) is 6.42 Å². The lowest BCUT2D eigenvalue weighted by Crippen LogP contribution is -2.19. The Morgan fingerprint density at radius 2 is 2.10 bits per heavy atom. The summed E-state index contributed by atoms with van der Waals surface area (Å²) in [5.41, 5.74) is 1.12. The molecule has 1 N–H and O–H groups in total. The molecule has 1 aliphatic carbocycles. The summed E-state index contributed by atoms with van der Waals surface area (Å²) in [7, 11) is 0. The van der Waals surface area contributed by atoms with Crippen molar-refractivity contribution in [3.8, 4) is 0 Å². The molecule has 0 saturated heterocycles. The van der Waals surface area contributed by atoms with Crippen molar-refractivity contribution in [1.82, 2.24) is 20.2 Å². The predicted octanol–water partition coefficient (Wildman–Crippen LogP) is 1.69. The van der Waals surface area contributed by atoms with Crippen molar-refractivity contribution >= 4 is 5.97 Å². The van der Waals surface area contributed by atoms with Crippen molar-refractivity contribution in [2.45, 2.75) is 31.7 Å². The summed E-state index contributed by atoms with van der Waals surface area (Å²) < 4.78 is 1.71. The Balaban J connectivity index is 1.83. The number of nitrogens with zero attached hydrogens (tertiary/aromatic N) is 4. The first-order valence-electron chi connectivity index (χ1n) is 6.76. The summed E-state index contributed by atoms with van der Waals surface area (Å²) in [6, 6.07) is 9.81. The third-order valence-electron chi connectivity index (χ3n) is 3.63. The van der Waals surface area contributed by atoms with Gasteiger partial charge < -0.3 is 5.11 Å². The normalized spacial score (nSPS) is 16.0. The van der Waals surface area contributed by atoms with Crippen molar-refractivity contribution in [3.63, 3.8) is 0 Å². The molecule has 1 fully saturated rings. The molecular formula is C14H16N4O2. The zero-order valence-corrected chi connectivity index (χ0v) is 11.0. The Kier molecular flexibility index (Phi) is 3.45. The van der Waals surface area contributed by atoms with E-state index in [1.165, 1.54) is 0 Å². The van der Waals surface area contributed by atoms with Crippen LogP contribution >= 0.6 is 0 Å². The quantitative estimate of drug-likeness (QED) is 0.865. The van der Waals surface area contributed by atoms with Crippen molar-refractivity contribution in [3.05, 3.63) is 41.7 Å². The molecule has 1 unspecified atom stereocenters. The van der Waals surface area contributed by atoms with E-state index in [1.54, 1.807) is 4.68 Å². The van der Waals surface area contributed by atoms with Gasteiger partial charge >= 0.3 is 5.97 Å². The molecule has 1 aromatic carbocycles. The highest BCUT2D eigenvalue weighted by atomic mass is 16.4. The SMILES string of the molecule is O=C(O)CC(C1CC1)n1nnnc1Cc1ccccc1. The number of rotatable bonds is 6. The maximum absolute atomic E-state index is 11.0. The molecule has 1 heterocycles. The first-order chi connectivity index (χ1) is 9.74. The molecule has 0 bridgehead atoms. The van der Waals surface area contributed by atoms with Gasteiger partial charge in [-0.1, -0.05) is 30.3 Å². The number of aromatic nitrogens is 4. The largest absolute Gasteiger partial charge is 0.481 e. The number of tetrazole rings is 1. The second-order valence-corrected chi connectivity index (χ2v) is 5.20. The zero-order valence-electron chi connectivity index (χ0n) is 11.0. The Morgan fingerprint density at radius 1 is 1.35 bits per heavy atom. The van der Waals surface area contributed by atoms with Crippen molar-refractivity contribution in [2.75, 3.05) is 0 Å². The van der Waals surface area contributed by atoms with Crippen molar-refractivity contribution in [1.29, 1.82) is 0 Å². The summed E-state index contributed by atoms with van der Waals surface area (Å²) in [4.78, 5) is 11.0. The van der Waals surface area contributed by atoms with Crippen LogP contribution in [0.25, 0.3) is 0 Å². The Morgan fingerprint density at radius 3 is 2.75 bits per heavy atom. The van der Waals surface area contributed by atoms with E-state index in [-0.39, 0.29) is 12.5 Å². The van der Waals surface area contributed by atoms with E-state index in [2.05, 4.69) is 15.5 Å². The van der Waals surface area contributed by atoms with E-state index in [0.29, 0.717) is 12.3 Å². The minimum Gasteiger partial charge on any atom is -0.481 e. The molecule has 1 saturated carbocycles. The number of benzene rings is 1. The first kappa shape index (κ1) is 12.8. The van der Waals surface area contributed by atoms with Gasteiger partial charge in [0.1, 0.15) is 0 Å². The summed E-state index contributed by atoms with van der Waals surface area (Å²) in [5.74, 6) is 0.321. The van der Waals surface area contributed by atoms with Crippen LogP contribution in [0.2, 0.25) is 0 Å². The number of hydrogen-bond acceptors (Lipinski definition) is 4. The first-order valence-corrected chi connectivity index (χ1v) is 6.76. The highest BCUT2D eigenvalue weighted by Gasteiger charge is 2.36. The molecule has 6 heteroatoms. The minimum atomic E-state index is -0.803. The van der Waals surface area contributed by atoms with E-state index in [0.717, 1.165) is 24.2 Å². The summed E-state index contributed by atoms with van der Waals surface area (Å²) in [5, 5.41) is 20.9. The number of hydrogen-bond donors (Lipinski definition) is 1. The average molecular weight is 272 g/mol. The van der Waals surface area contributed by atoms with E-state index in [4.69, 9.17) is 5.11 Å². The van der Waals surface area contributed by atoms with Crippen molar-refractivity contribution < 1.29 is 9.90 Å². The smallest absolute Gasteiger partial charge is 0.305 e. The molecule has 1 aliphatic rings. The monoisotopic (exact) mass is 272 g/mol. The molecule has 1 aromatic heterocycles. The number of carboxylic acid groups (broad SMARTS) is 1. The molecule has 1 atom stereocenters. The van der Waals surface area contributed by atoms with Crippen LogP contribution in [0.4, 0.5) is 0 Å². The lowest BCUT2D eigenvalue weighted by atomic mass is 10.1. The zero-order chi connectivity index (χ0) is 13.9. The third-order valence-corrected chi connectivity index (χ3v) is 3.63. The second kappa shape index (κ2) is 5.40. The van der Waals surface area contributed by atoms with Crippen LogP contribution in [0.3, 0.4) is 0 Å². The molecule has 0 radical (unpaired) electrons. The second-order valence-electron chi connectivity index (χ2n) is 5.20. The molecule has 6 nitrogen and oxygen atoms in total. The molecule has 0 spiro atoms. The topological polar surface area (TPSA) is 80.9 Å². The summed E-state index contributed by atoms with van der Waals surface area (Å²) >= 11 is 0. The molecule has 3 rings (SSSR count). The average Bonchev–Trinajstić information content (AvgIpc) is 3.18. The van der Waals surface area contributed by atoms with Crippen LogP contribution in [0.1, 0.15) is 36.7 Å². The van der Waals surface area contributed by atoms with Crippen LogP contribution < -0.4 is 0 Å². The summed E-state index contributed by atoms with van der Waals surface area (Å²) in [6.07, 6.45) is 2.82. The van der Waals surface area contributed by atoms with Gasteiger partial charge in [-0.05, 0) is 34.7 Å². The maximum Gasteiger partial charge on any atom is 0.305 e. The van der Waals surface area contributed by atoms with E-state index in [9.17, 15) is 4.79 Å². The predicted molar refractivity (Wildman–Crippen MR) is 71.1 cm³/mol. The lowest BCUT2D eigenvalue weighted by molar-refractivity contribution is -0.138. The molecule has 2 aromatic rings. The van der Waals surface area contributed by atoms with E-state index < -0.39 is 5.97 Å². The van der Waals surface area contributed by atoms with Gasteiger partial charge in [0.05, 0.1) is 12.5 Å². The van der Waals surface area contributed by atoms with Gasteiger partial charge in [0.2, 0.25) is 0 Å². The summed E-state index contributed by atoms with van der Waals surface area (Å²) in [6.45, 7) is 0. The molecule has 0 amide bonds. The highest BCUT2D eigenvalue weighted by Crippen LogP contribution is 2.41. The molecule has 104 valence electrons. The van der Waals surface area contributed by atoms with E-state index >= 15 is 0 Å². The van der Waals surface area contributed by atoms with Crippen LogP contribution in [-0.2, 0) is 11.2 Å². The van der Waals surface area contributed by atoms with Gasteiger partial charge in [-0.15, -0.1) is 5.10 Å². The number of carbonyl (C=O) groups is 1. The van der Waals surface area contributed by atoms with Crippen LogP contribution in [0.15, 0.2) is 30.3 Å². The van der Waals surface area contributed by atoms with Crippen molar-refractivity contribution in [2.24, 2.45) is 5.92 Å². The third kappa shape index (κ3) is 2.84. The minimum absolute atomic E-state index is 0.0808. The number of carboxylic acids is 1. The van der Waals surface area contributed by atoms with Gasteiger partial charge in [-0.3, -0.25) is 4.79 Å². The Bertz CT molecular complexity index is 592. The Hall–Kier alpha value is -2.24. The Labute approximate surface area is 116 Å².